The fourth-order valence-electron chi connectivity index (χ4n) is 1.92. The van der Waals surface area contributed by atoms with Gasteiger partial charge in [-0.3, -0.25) is 0 Å². The molecule has 0 spiro atoms. The number of aromatic nitrogens is 2. The zero-order valence-corrected chi connectivity index (χ0v) is 11.2. The first-order chi connectivity index (χ1) is 9.76. The van der Waals surface area contributed by atoms with Gasteiger partial charge in [0.25, 0.3) is 0 Å². The van der Waals surface area contributed by atoms with Crippen LogP contribution >= 0.6 is 11.8 Å². The largest absolute Gasteiger partial charge is 0.333 e. The molecule has 1 heterocycles. The number of halogens is 1. The number of aromatic amines is 1. The van der Waals surface area contributed by atoms with Crippen LogP contribution in [0.3, 0.4) is 0 Å². The van der Waals surface area contributed by atoms with E-state index in [1.165, 1.54) is 23.9 Å². The average molecular weight is 283 g/mol. The van der Waals surface area contributed by atoms with Crippen molar-refractivity contribution in [1.82, 2.24) is 9.97 Å². The smallest absolute Gasteiger partial charge is 0.166 e. The Balaban J connectivity index is 1.81. The summed E-state index contributed by atoms with van der Waals surface area (Å²) in [6, 6.07) is 14.1. The molecule has 20 heavy (non-hydrogen) atoms. The predicted octanol–water partition coefficient (Wildman–Crippen LogP) is 3.87. The minimum absolute atomic E-state index is 0.369. The van der Waals surface area contributed by atoms with Crippen LogP contribution in [-0.4, -0.2) is 9.97 Å². The lowest BCUT2D eigenvalue weighted by Crippen LogP contribution is -1.89. The second-order valence-corrected chi connectivity index (χ2v) is 5.23. The average Bonchev–Trinajstić information content (AvgIpc) is 2.88. The SMILES string of the molecule is N#Cc1cc(F)ccc1CSc1nc2ccccc2[nH]1. The highest BCUT2D eigenvalue weighted by atomic mass is 32.2. The quantitative estimate of drug-likeness (QED) is 0.742. The standard InChI is InChI=1S/C15H10FN3S/c16-12-6-5-10(11(7-12)8-17)9-20-15-18-13-3-1-2-4-14(13)19-15/h1-7H,9H2,(H,18,19). The van der Waals surface area contributed by atoms with E-state index in [9.17, 15) is 4.39 Å². The Hall–Kier alpha value is -2.32. The Labute approximate surface area is 119 Å². The number of imidazole rings is 1. The molecule has 0 aliphatic heterocycles. The molecule has 3 rings (SSSR count). The Morgan fingerprint density at radius 3 is 2.90 bits per heavy atom. The molecule has 98 valence electrons. The number of thioether (sulfide) groups is 1. The number of nitriles is 1. The third kappa shape index (κ3) is 2.51. The summed E-state index contributed by atoms with van der Waals surface area (Å²) in [7, 11) is 0. The fraction of sp³-hybridized carbons (Fsp3) is 0.0667. The molecule has 0 saturated heterocycles. The third-order valence-corrected chi connectivity index (χ3v) is 3.85. The lowest BCUT2D eigenvalue weighted by atomic mass is 10.1. The molecule has 3 aromatic rings. The number of fused-ring (bicyclic) bond motifs is 1. The first kappa shape index (κ1) is 12.7. The number of para-hydroxylation sites is 2. The molecule has 5 heteroatoms. The molecule has 0 amide bonds. The van der Waals surface area contributed by atoms with Gasteiger partial charge in [0.2, 0.25) is 0 Å². The van der Waals surface area contributed by atoms with E-state index in [-0.39, 0.29) is 5.82 Å². The molecule has 0 saturated carbocycles. The van der Waals surface area contributed by atoms with Gasteiger partial charge in [0.05, 0.1) is 22.7 Å². The van der Waals surface area contributed by atoms with Crippen molar-refractivity contribution in [1.29, 1.82) is 5.26 Å². The van der Waals surface area contributed by atoms with Gasteiger partial charge in [0.15, 0.2) is 5.16 Å². The number of nitrogens with zero attached hydrogens (tertiary/aromatic N) is 2. The zero-order chi connectivity index (χ0) is 13.9. The Bertz CT molecular complexity index is 771. The molecule has 0 aliphatic rings. The molecule has 1 aromatic heterocycles. The van der Waals surface area contributed by atoms with Crippen molar-refractivity contribution in [2.45, 2.75) is 10.9 Å². The van der Waals surface area contributed by atoms with Gasteiger partial charge in [-0.15, -0.1) is 0 Å². The maximum absolute atomic E-state index is 13.1. The summed E-state index contributed by atoms with van der Waals surface area (Å²) in [6.45, 7) is 0. The monoisotopic (exact) mass is 283 g/mol. The highest BCUT2D eigenvalue weighted by molar-refractivity contribution is 7.98. The molecule has 0 bridgehead atoms. The van der Waals surface area contributed by atoms with Gasteiger partial charge in [0.1, 0.15) is 5.82 Å². The van der Waals surface area contributed by atoms with Crippen molar-refractivity contribution in [2.24, 2.45) is 0 Å². The molecule has 0 unspecified atom stereocenters. The van der Waals surface area contributed by atoms with Crippen LogP contribution in [0.4, 0.5) is 4.39 Å². The van der Waals surface area contributed by atoms with Crippen molar-refractivity contribution in [3.63, 3.8) is 0 Å². The van der Waals surface area contributed by atoms with Crippen LogP contribution in [0.15, 0.2) is 47.6 Å². The van der Waals surface area contributed by atoms with E-state index in [2.05, 4.69) is 9.97 Å². The van der Waals surface area contributed by atoms with Gasteiger partial charge in [-0.25, -0.2) is 9.37 Å². The highest BCUT2D eigenvalue weighted by Crippen LogP contribution is 2.24. The fourth-order valence-corrected chi connectivity index (χ4v) is 2.81. The summed E-state index contributed by atoms with van der Waals surface area (Å²) in [4.78, 5) is 7.66. The van der Waals surface area contributed by atoms with Crippen LogP contribution in [0.1, 0.15) is 11.1 Å². The lowest BCUT2D eigenvalue weighted by molar-refractivity contribution is 0.627. The van der Waals surface area contributed by atoms with Gasteiger partial charge in [-0.05, 0) is 29.8 Å². The van der Waals surface area contributed by atoms with Crippen LogP contribution in [0, 0.1) is 17.1 Å². The van der Waals surface area contributed by atoms with Crippen molar-refractivity contribution in [3.8, 4) is 6.07 Å². The highest BCUT2D eigenvalue weighted by Gasteiger charge is 2.07. The molecule has 0 radical (unpaired) electrons. The molecular formula is C15H10FN3S. The van der Waals surface area contributed by atoms with Crippen LogP contribution in [0.2, 0.25) is 0 Å². The summed E-state index contributed by atoms with van der Waals surface area (Å²) in [5, 5.41) is 9.80. The number of hydrogen-bond acceptors (Lipinski definition) is 3. The number of H-pyrrole nitrogens is 1. The topological polar surface area (TPSA) is 52.5 Å². The van der Waals surface area contributed by atoms with Gasteiger partial charge in [-0.2, -0.15) is 5.26 Å². The van der Waals surface area contributed by atoms with E-state index < -0.39 is 0 Å². The Morgan fingerprint density at radius 1 is 1.25 bits per heavy atom. The molecule has 0 atom stereocenters. The van der Waals surface area contributed by atoms with Gasteiger partial charge >= 0.3 is 0 Å². The molecule has 1 N–H and O–H groups in total. The molecule has 0 fully saturated rings. The van der Waals surface area contributed by atoms with Crippen molar-refractivity contribution in [2.75, 3.05) is 0 Å². The number of rotatable bonds is 3. The first-order valence-corrected chi connectivity index (χ1v) is 7.01. The molecule has 2 aromatic carbocycles. The Kier molecular flexibility index (Phi) is 3.40. The first-order valence-electron chi connectivity index (χ1n) is 6.02. The second kappa shape index (κ2) is 5.35. The summed E-state index contributed by atoms with van der Waals surface area (Å²) < 4.78 is 13.1. The van der Waals surface area contributed by atoms with Crippen molar-refractivity contribution in [3.05, 3.63) is 59.4 Å². The third-order valence-electron chi connectivity index (χ3n) is 2.92. The predicted molar refractivity (Wildman–Crippen MR) is 76.8 cm³/mol. The van der Waals surface area contributed by atoms with E-state index in [0.29, 0.717) is 11.3 Å². The van der Waals surface area contributed by atoms with E-state index in [4.69, 9.17) is 5.26 Å². The summed E-state index contributed by atoms with van der Waals surface area (Å²) in [5.41, 5.74) is 3.07. The second-order valence-electron chi connectivity index (χ2n) is 4.26. The van der Waals surface area contributed by atoms with Gasteiger partial charge in [-0.1, -0.05) is 30.0 Å². The number of nitrogens with one attached hydrogen (secondary N) is 1. The van der Waals surface area contributed by atoms with Crippen LogP contribution in [0.25, 0.3) is 11.0 Å². The Morgan fingerprint density at radius 2 is 2.10 bits per heavy atom. The summed E-state index contributed by atoms with van der Waals surface area (Å²) in [6.07, 6.45) is 0. The van der Waals surface area contributed by atoms with E-state index in [1.54, 1.807) is 6.07 Å². The summed E-state index contributed by atoms with van der Waals surface area (Å²) in [5.74, 6) is 0.183. The van der Waals surface area contributed by atoms with Crippen LogP contribution in [0.5, 0.6) is 0 Å². The number of hydrogen-bond donors (Lipinski definition) is 1. The minimum Gasteiger partial charge on any atom is -0.333 e. The van der Waals surface area contributed by atoms with Crippen molar-refractivity contribution >= 4 is 22.8 Å². The van der Waals surface area contributed by atoms with Crippen molar-refractivity contribution < 1.29 is 4.39 Å². The van der Waals surface area contributed by atoms with Gasteiger partial charge < -0.3 is 4.98 Å². The lowest BCUT2D eigenvalue weighted by Gasteiger charge is -2.02. The van der Waals surface area contributed by atoms with E-state index >= 15 is 0 Å². The van der Waals surface area contributed by atoms with E-state index in [1.807, 2.05) is 30.3 Å². The van der Waals surface area contributed by atoms with Crippen LogP contribution in [-0.2, 0) is 5.75 Å². The van der Waals surface area contributed by atoms with E-state index in [0.717, 1.165) is 21.8 Å². The normalized spacial score (nSPS) is 10.6. The summed E-state index contributed by atoms with van der Waals surface area (Å²) >= 11 is 1.49. The maximum Gasteiger partial charge on any atom is 0.166 e. The zero-order valence-electron chi connectivity index (χ0n) is 10.4. The molecular weight excluding hydrogens is 273 g/mol. The number of benzene rings is 2. The van der Waals surface area contributed by atoms with Gasteiger partial charge in [0, 0.05) is 5.75 Å². The van der Waals surface area contributed by atoms with Crippen LogP contribution < -0.4 is 0 Å². The molecule has 3 nitrogen and oxygen atoms in total. The molecule has 0 aliphatic carbocycles. The maximum atomic E-state index is 13.1. The minimum atomic E-state index is -0.390.